The van der Waals surface area contributed by atoms with Crippen LogP contribution in [0.5, 0.6) is 0 Å². The van der Waals surface area contributed by atoms with Crippen molar-refractivity contribution in [2.45, 2.75) is 225 Å². The lowest BCUT2D eigenvalue weighted by Crippen LogP contribution is -2.37. The Morgan fingerprint density at radius 3 is 1.26 bits per heavy atom. The molecule has 0 rings (SSSR count). The summed E-state index contributed by atoms with van der Waals surface area (Å²) in [5, 5.41) is 0. The van der Waals surface area contributed by atoms with Crippen molar-refractivity contribution in [2.24, 2.45) is 0 Å². The average molecular weight is 973 g/mol. The van der Waals surface area contributed by atoms with Crippen LogP contribution in [-0.4, -0.2) is 74.9 Å². The summed E-state index contributed by atoms with van der Waals surface area (Å²) in [6, 6.07) is 0. The molecular formula is C58H103NO8P+. The topological polar surface area (TPSA) is 108 Å². The Bertz CT molecular complexity index is 1420. The lowest BCUT2D eigenvalue weighted by molar-refractivity contribution is -0.870. The number of quaternary nitrogens is 1. The number of nitrogens with zero attached hydrogens (tertiary/aromatic N) is 1. The lowest BCUT2D eigenvalue weighted by Gasteiger charge is -2.24. The molecule has 0 heterocycles. The highest BCUT2D eigenvalue weighted by molar-refractivity contribution is 7.47. The molecule has 10 heteroatoms. The Morgan fingerprint density at radius 1 is 0.471 bits per heavy atom. The fourth-order valence-electron chi connectivity index (χ4n) is 7.19. The number of rotatable bonds is 49. The SMILES string of the molecule is CC/C=C\C/C=C\C/C=C\C/C=C\C/C=C\CCCCCC(=O)OC(COC(=O)CCCCCCCCCCCCCCC/C=C\C/C=C\CCCCCCC)COP(=O)(O)OCC[N+](C)(C)C. The van der Waals surface area contributed by atoms with Gasteiger partial charge in [0.05, 0.1) is 27.7 Å². The summed E-state index contributed by atoms with van der Waals surface area (Å²) in [5.41, 5.74) is 0. The average Bonchev–Trinajstić information content (AvgIpc) is 3.30. The number of ether oxygens (including phenoxy) is 2. The normalized spacial score (nSPS) is 14.0. The highest BCUT2D eigenvalue weighted by Gasteiger charge is 2.27. The van der Waals surface area contributed by atoms with E-state index in [0.717, 1.165) is 77.0 Å². The van der Waals surface area contributed by atoms with E-state index in [2.05, 4.69) is 98.9 Å². The molecule has 0 radical (unpaired) electrons. The van der Waals surface area contributed by atoms with Crippen LogP contribution in [-0.2, 0) is 32.7 Å². The number of likely N-dealkylation sites (N-methyl/N-ethyl adjacent to an activating group) is 1. The zero-order valence-electron chi connectivity index (χ0n) is 44.3. The van der Waals surface area contributed by atoms with Crippen molar-refractivity contribution in [3.05, 3.63) is 85.1 Å². The van der Waals surface area contributed by atoms with Crippen LogP contribution < -0.4 is 0 Å². The minimum Gasteiger partial charge on any atom is -0.462 e. The van der Waals surface area contributed by atoms with Crippen molar-refractivity contribution < 1.29 is 42.1 Å². The number of esters is 2. The number of hydrogen-bond acceptors (Lipinski definition) is 7. The van der Waals surface area contributed by atoms with Crippen molar-refractivity contribution in [3.8, 4) is 0 Å². The van der Waals surface area contributed by atoms with Crippen molar-refractivity contribution in [1.82, 2.24) is 0 Å². The zero-order valence-corrected chi connectivity index (χ0v) is 45.2. The number of hydrogen-bond donors (Lipinski definition) is 1. The summed E-state index contributed by atoms with van der Waals surface area (Å²) in [5.74, 6) is -0.838. The highest BCUT2D eigenvalue weighted by Crippen LogP contribution is 2.43. The minimum absolute atomic E-state index is 0.0210. The monoisotopic (exact) mass is 973 g/mol. The van der Waals surface area contributed by atoms with Crippen LogP contribution in [0.1, 0.15) is 219 Å². The predicted molar refractivity (Wildman–Crippen MR) is 289 cm³/mol. The van der Waals surface area contributed by atoms with E-state index in [4.69, 9.17) is 18.5 Å². The number of phosphoric acid groups is 1. The van der Waals surface area contributed by atoms with Crippen molar-refractivity contribution >= 4 is 19.8 Å². The first-order valence-corrected chi connectivity index (χ1v) is 28.8. The molecule has 0 saturated heterocycles. The molecule has 2 atom stereocenters. The molecule has 0 aromatic heterocycles. The van der Waals surface area contributed by atoms with Crippen molar-refractivity contribution in [1.29, 1.82) is 0 Å². The summed E-state index contributed by atoms with van der Waals surface area (Å²) >= 11 is 0. The van der Waals surface area contributed by atoms with Crippen LogP contribution >= 0.6 is 7.82 Å². The van der Waals surface area contributed by atoms with Gasteiger partial charge in [-0.1, -0.05) is 202 Å². The van der Waals surface area contributed by atoms with Crippen LogP contribution in [0.2, 0.25) is 0 Å². The van der Waals surface area contributed by atoms with E-state index < -0.39 is 26.5 Å². The fraction of sp³-hybridized carbons (Fsp3) is 0.724. The second kappa shape index (κ2) is 49.2. The first kappa shape index (κ1) is 65.2. The Kier molecular flexibility index (Phi) is 47.2. The number of carbonyl (C=O) groups is 2. The summed E-state index contributed by atoms with van der Waals surface area (Å²) in [6.07, 6.45) is 65.0. The van der Waals surface area contributed by atoms with Crippen LogP contribution in [0.3, 0.4) is 0 Å². The van der Waals surface area contributed by atoms with Crippen molar-refractivity contribution in [2.75, 3.05) is 47.5 Å². The van der Waals surface area contributed by atoms with Crippen LogP contribution in [0.4, 0.5) is 0 Å². The molecule has 0 aromatic rings. The largest absolute Gasteiger partial charge is 0.472 e. The van der Waals surface area contributed by atoms with Gasteiger partial charge in [-0.15, -0.1) is 0 Å². The highest BCUT2D eigenvalue weighted by atomic mass is 31.2. The maximum absolute atomic E-state index is 12.8. The number of carbonyl (C=O) groups excluding carboxylic acids is 2. The summed E-state index contributed by atoms with van der Waals surface area (Å²) < 4.78 is 34.5. The quantitative estimate of drug-likeness (QED) is 0.0211. The predicted octanol–water partition coefficient (Wildman–Crippen LogP) is 16.7. The molecule has 0 spiro atoms. The van der Waals surface area contributed by atoms with Gasteiger partial charge in [0.2, 0.25) is 0 Å². The molecule has 0 aliphatic heterocycles. The third kappa shape index (κ3) is 52.6. The number of allylic oxidation sites excluding steroid dienone is 14. The van der Waals surface area contributed by atoms with Crippen LogP contribution in [0.15, 0.2) is 85.1 Å². The third-order valence-corrected chi connectivity index (χ3v) is 12.4. The Hall–Kier alpha value is -2.81. The zero-order chi connectivity index (χ0) is 49.9. The molecule has 0 aromatic carbocycles. The maximum Gasteiger partial charge on any atom is 0.472 e. The van der Waals surface area contributed by atoms with E-state index in [1.165, 1.54) is 109 Å². The maximum atomic E-state index is 12.8. The van der Waals surface area contributed by atoms with Gasteiger partial charge in [-0.2, -0.15) is 0 Å². The van der Waals surface area contributed by atoms with E-state index in [1.54, 1.807) is 0 Å². The smallest absolute Gasteiger partial charge is 0.462 e. The van der Waals surface area contributed by atoms with Crippen LogP contribution in [0.25, 0.3) is 0 Å². The van der Waals surface area contributed by atoms with E-state index in [0.29, 0.717) is 17.4 Å². The van der Waals surface area contributed by atoms with Gasteiger partial charge in [0.25, 0.3) is 0 Å². The molecule has 2 unspecified atom stereocenters. The first-order chi connectivity index (χ1) is 33.0. The van der Waals surface area contributed by atoms with Gasteiger partial charge in [-0.3, -0.25) is 18.6 Å². The molecule has 1 N–H and O–H groups in total. The number of unbranched alkanes of at least 4 members (excludes halogenated alkanes) is 21. The molecule has 0 fully saturated rings. The van der Waals surface area contributed by atoms with Gasteiger partial charge in [0.15, 0.2) is 6.10 Å². The standard InChI is InChI=1S/C58H102NO8P/c1-6-8-10-12-14-16-18-20-22-24-26-27-28-29-30-31-33-34-36-38-40-42-44-46-48-50-57(60)64-54-56(55-66-68(62,63)65-53-52-59(3,4)5)67-58(61)51-49-47-45-43-41-39-37-35-32-25-23-21-19-17-15-13-11-9-7-2/h9,11,15,17-18,20-21,23-24,26,32,35,39,41,56H,6-8,10,12-14,16,19,22,25,27-31,33-34,36-38,40,42-55H2,1-5H3/p+1/b11-9-,17-15-,20-18-,23-21-,26-24-,35-32-,41-39-. The van der Waals surface area contributed by atoms with Crippen molar-refractivity contribution in [3.63, 3.8) is 0 Å². The molecule has 0 amide bonds. The Morgan fingerprint density at radius 2 is 0.838 bits per heavy atom. The molecule has 68 heavy (non-hydrogen) atoms. The Labute approximate surface area is 418 Å². The first-order valence-electron chi connectivity index (χ1n) is 27.3. The second-order valence-electron chi connectivity index (χ2n) is 19.2. The number of phosphoric ester groups is 1. The third-order valence-electron chi connectivity index (χ3n) is 11.4. The van der Waals surface area contributed by atoms with E-state index >= 15 is 0 Å². The van der Waals surface area contributed by atoms with Gasteiger partial charge in [-0.05, 0) is 89.9 Å². The summed E-state index contributed by atoms with van der Waals surface area (Å²) in [7, 11) is 1.44. The summed E-state index contributed by atoms with van der Waals surface area (Å²) in [6.45, 7) is 4.27. The molecular weight excluding hydrogens is 870 g/mol. The summed E-state index contributed by atoms with van der Waals surface area (Å²) in [4.78, 5) is 35.6. The van der Waals surface area contributed by atoms with E-state index in [1.807, 2.05) is 21.1 Å². The van der Waals surface area contributed by atoms with Gasteiger partial charge >= 0.3 is 19.8 Å². The fourth-order valence-corrected chi connectivity index (χ4v) is 7.93. The van der Waals surface area contributed by atoms with Crippen LogP contribution in [0, 0.1) is 0 Å². The van der Waals surface area contributed by atoms with E-state index in [9.17, 15) is 19.0 Å². The molecule has 392 valence electrons. The molecule has 0 aliphatic carbocycles. The lowest BCUT2D eigenvalue weighted by atomic mass is 10.0. The second-order valence-corrected chi connectivity index (χ2v) is 20.7. The molecule has 0 bridgehead atoms. The minimum atomic E-state index is -4.40. The van der Waals surface area contributed by atoms with Gasteiger partial charge < -0.3 is 18.9 Å². The van der Waals surface area contributed by atoms with Gasteiger partial charge in [0.1, 0.15) is 19.8 Å². The molecule has 9 nitrogen and oxygen atoms in total. The van der Waals surface area contributed by atoms with Gasteiger partial charge in [0, 0.05) is 12.8 Å². The Balaban J connectivity index is 4.24. The van der Waals surface area contributed by atoms with Gasteiger partial charge in [-0.25, -0.2) is 4.57 Å². The molecule has 0 aliphatic rings. The van der Waals surface area contributed by atoms with E-state index in [-0.39, 0.29) is 32.0 Å². The molecule has 0 saturated carbocycles.